The molecule has 2 amide bonds. The van der Waals surface area contributed by atoms with Crippen molar-refractivity contribution in [1.29, 1.82) is 0 Å². The molecule has 0 aromatic heterocycles. The minimum Gasteiger partial charge on any atom is -0.496 e. The van der Waals surface area contributed by atoms with Crippen LogP contribution in [0.3, 0.4) is 0 Å². The molecule has 4 atom stereocenters. The Hall–Kier alpha value is -4.40. The minimum atomic E-state index is -0.677. The molecule has 258 valence electrons. The lowest BCUT2D eigenvalue weighted by molar-refractivity contribution is -0.159. The number of allylic oxidation sites excluding steroid dienone is 1. The summed E-state index contributed by atoms with van der Waals surface area (Å²) < 4.78 is 32.7. The molecule has 0 unspecified atom stereocenters. The van der Waals surface area contributed by atoms with Crippen LogP contribution in [-0.2, 0) is 20.9 Å². The highest BCUT2D eigenvalue weighted by Gasteiger charge is 2.49. The van der Waals surface area contributed by atoms with Crippen molar-refractivity contribution in [1.82, 2.24) is 10.6 Å². The number of nitrogens with one attached hydrogen (secondary N) is 2. The van der Waals surface area contributed by atoms with Crippen molar-refractivity contribution in [2.45, 2.75) is 77.0 Å². The molecule has 0 heterocycles. The summed E-state index contributed by atoms with van der Waals surface area (Å²) in [4.78, 5) is 40.3. The Balaban J connectivity index is 0.975. The summed E-state index contributed by atoms with van der Waals surface area (Å²) in [6, 6.07) is 16.2. The molecule has 8 nitrogen and oxygen atoms in total. The molecule has 3 aromatic rings. The second kappa shape index (κ2) is 13.8. The van der Waals surface area contributed by atoms with Crippen molar-refractivity contribution in [3.63, 3.8) is 0 Å². The molecule has 3 aromatic carbocycles. The van der Waals surface area contributed by atoms with Gasteiger partial charge in [-0.05, 0) is 92.0 Å². The van der Waals surface area contributed by atoms with Gasteiger partial charge in [0, 0.05) is 18.7 Å². The zero-order valence-corrected chi connectivity index (χ0v) is 28.2. The van der Waals surface area contributed by atoms with Crippen molar-refractivity contribution >= 4 is 28.6 Å². The van der Waals surface area contributed by atoms with E-state index in [0.717, 1.165) is 35.6 Å². The highest BCUT2D eigenvalue weighted by molar-refractivity contribution is 5.98. The highest BCUT2D eigenvalue weighted by atomic mass is 19.1. The van der Waals surface area contributed by atoms with Gasteiger partial charge in [-0.3, -0.25) is 14.4 Å². The molecule has 0 aliphatic heterocycles. The van der Waals surface area contributed by atoms with Crippen molar-refractivity contribution in [3.8, 4) is 11.5 Å². The maximum absolute atomic E-state index is 15.3. The number of fused-ring (bicyclic) bond motifs is 3. The van der Waals surface area contributed by atoms with Crippen LogP contribution >= 0.6 is 0 Å². The topological polar surface area (TPSA) is 103 Å². The van der Waals surface area contributed by atoms with Gasteiger partial charge in [-0.1, -0.05) is 61.0 Å². The van der Waals surface area contributed by atoms with Gasteiger partial charge < -0.3 is 24.8 Å². The van der Waals surface area contributed by atoms with Crippen molar-refractivity contribution in [3.05, 3.63) is 83.7 Å². The number of methoxy groups -OCH3 is 1. The van der Waals surface area contributed by atoms with E-state index in [0.29, 0.717) is 38.1 Å². The maximum atomic E-state index is 15.3. The van der Waals surface area contributed by atoms with Crippen LogP contribution in [0.1, 0.15) is 74.2 Å². The minimum absolute atomic E-state index is 0.0223. The molecule has 3 fully saturated rings. The van der Waals surface area contributed by atoms with E-state index in [-0.39, 0.29) is 65.4 Å². The van der Waals surface area contributed by atoms with Crippen LogP contribution in [0.2, 0.25) is 0 Å². The largest absolute Gasteiger partial charge is 0.496 e. The summed E-state index contributed by atoms with van der Waals surface area (Å²) in [5, 5.41) is 8.38. The van der Waals surface area contributed by atoms with Gasteiger partial charge in [0.25, 0.3) is 5.91 Å². The van der Waals surface area contributed by atoms with Gasteiger partial charge in [0.05, 0.1) is 30.1 Å². The number of carbonyl (C=O) groups is 3. The van der Waals surface area contributed by atoms with Crippen LogP contribution in [0.4, 0.5) is 4.39 Å². The number of benzene rings is 3. The fourth-order valence-corrected chi connectivity index (χ4v) is 8.10. The van der Waals surface area contributed by atoms with E-state index in [9.17, 15) is 14.4 Å². The Bertz CT molecular complexity index is 1760. The lowest BCUT2D eigenvalue weighted by Crippen LogP contribution is -2.49. The quantitative estimate of drug-likeness (QED) is 0.170. The van der Waals surface area contributed by atoms with Crippen LogP contribution in [0.15, 0.2) is 66.7 Å². The van der Waals surface area contributed by atoms with Crippen molar-refractivity contribution in [2.24, 2.45) is 29.1 Å². The van der Waals surface area contributed by atoms with Crippen molar-refractivity contribution in [2.75, 3.05) is 13.7 Å². The molecule has 4 aliphatic carbocycles. The van der Waals surface area contributed by atoms with Crippen molar-refractivity contribution < 1.29 is 33.0 Å². The van der Waals surface area contributed by atoms with Gasteiger partial charge in [-0.2, -0.15) is 0 Å². The Labute approximate surface area is 286 Å². The number of hydrogen-bond donors (Lipinski definition) is 2. The molecule has 2 bridgehead atoms. The predicted octanol–water partition coefficient (Wildman–Crippen LogP) is 6.90. The third kappa shape index (κ3) is 6.77. The van der Waals surface area contributed by atoms with Crippen LogP contribution in [-0.4, -0.2) is 43.6 Å². The highest BCUT2D eigenvalue weighted by Crippen LogP contribution is 2.45. The van der Waals surface area contributed by atoms with Crippen LogP contribution in [0.25, 0.3) is 10.8 Å². The van der Waals surface area contributed by atoms with Gasteiger partial charge in [0.2, 0.25) is 5.91 Å². The molecule has 4 aliphatic rings. The summed E-state index contributed by atoms with van der Waals surface area (Å²) in [6.07, 6.45) is 10.3. The van der Waals surface area contributed by atoms with Gasteiger partial charge in [-0.15, -0.1) is 0 Å². The molecule has 0 spiro atoms. The first-order valence-corrected chi connectivity index (χ1v) is 17.7. The predicted molar refractivity (Wildman–Crippen MR) is 184 cm³/mol. The average Bonchev–Trinajstić information content (AvgIpc) is 3.70. The molecule has 3 saturated carbocycles. The van der Waals surface area contributed by atoms with Crippen LogP contribution in [0.5, 0.6) is 11.5 Å². The van der Waals surface area contributed by atoms with E-state index in [1.165, 1.54) is 25.7 Å². The summed E-state index contributed by atoms with van der Waals surface area (Å²) in [6.45, 7) is 2.79. The lowest BCUT2D eigenvalue weighted by atomic mass is 9.74. The van der Waals surface area contributed by atoms with E-state index in [1.54, 1.807) is 0 Å². The number of hydrogen-bond acceptors (Lipinski definition) is 6. The summed E-state index contributed by atoms with van der Waals surface area (Å²) >= 11 is 0. The Kier molecular flexibility index (Phi) is 9.36. The lowest BCUT2D eigenvalue weighted by Gasteiger charge is -2.35. The van der Waals surface area contributed by atoms with Gasteiger partial charge >= 0.3 is 5.97 Å². The number of amides is 2. The van der Waals surface area contributed by atoms with E-state index < -0.39 is 17.1 Å². The van der Waals surface area contributed by atoms with E-state index >= 15 is 4.39 Å². The van der Waals surface area contributed by atoms with Gasteiger partial charge in [-0.25, -0.2) is 4.39 Å². The Morgan fingerprint density at radius 1 is 0.939 bits per heavy atom. The molecule has 49 heavy (non-hydrogen) atoms. The molecule has 0 radical (unpaired) electrons. The van der Waals surface area contributed by atoms with E-state index in [1.807, 2.05) is 49.4 Å². The molecule has 7 rings (SSSR count). The molecular weight excluding hydrogens is 623 g/mol. The third-order valence-electron chi connectivity index (χ3n) is 11.4. The smallest absolute Gasteiger partial charge is 0.312 e. The zero-order chi connectivity index (χ0) is 34.1. The van der Waals surface area contributed by atoms with Gasteiger partial charge in [0.15, 0.2) is 11.6 Å². The number of carbonyl (C=O) groups excluding carboxylic acids is 3. The molecule has 9 heteroatoms. The van der Waals surface area contributed by atoms with E-state index in [2.05, 4.69) is 22.8 Å². The monoisotopic (exact) mass is 668 g/mol. The first-order valence-electron chi connectivity index (χ1n) is 17.7. The summed E-state index contributed by atoms with van der Waals surface area (Å²) in [5.74, 6) is -0.953. The number of esters is 1. The number of halogens is 1. The average molecular weight is 669 g/mol. The maximum Gasteiger partial charge on any atom is 0.312 e. The number of ether oxygens (including phenoxy) is 3. The zero-order valence-electron chi connectivity index (χ0n) is 28.2. The SMILES string of the molecule is COc1cc(F)c(OC2CCC(C)(C(=O)OCc3cccc4ccccc34)CC2)cc1C(=O)N[C@H]1[C@@H](C(=O)NCC2CCC2)[C@@H]2C=C[C@H]1C2. The second-order valence-corrected chi connectivity index (χ2v) is 14.6. The van der Waals surface area contributed by atoms with Gasteiger partial charge in [0.1, 0.15) is 12.4 Å². The fourth-order valence-electron chi connectivity index (χ4n) is 8.10. The molecule has 0 saturated heterocycles. The second-order valence-electron chi connectivity index (χ2n) is 14.6. The third-order valence-corrected chi connectivity index (χ3v) is 11.4. The standard InChI is InChI=1S/C40H45FN2O6/c1-40(39(46)48-23-28-11-6-10-25-9-3-4-12-30(25)28)17-15-29(16-18-40)49-34-20-31(33(47-2)21-32(34)41)37(44)43-36-27-14-13-26(19-27)35(36)38(45)42-22-24-7-5-8-24/h3-4,6,9-14,20-21,24,26-27,29,35-36H,5,7-8,15-19,22-23H2,1-2H3,(H,42,45)(H,43,44)/t26-,27+,29?,35+,36-,40?/m1/s1. The summed E-state index contributed by atoms with van der Waals surface area (Å²) in [5.41, 5.74) is 0.433. The molecule has 2 N–H and O–H groups in total. The Morgan fingerprint density at radius 3 is 2.45 bits per heavy atom. The normalized spacial score (nSPS) is 27.4. The first-order chi connectivity index (χ1) is 23.7. The van der Waals surface area contributed by atoms with E-state index in [4.69, 9.17) is 14.2 Å². The molecular formula is C40H45FN2O6. The van der Waals surface area contributed by atoms with Crippen LogP contribution in [0, 0.1) is 34.9 Å². The van der Waals surface area contributed by atoms with Crippen LogP contribution < -0.4 is 20.1 Å². The fraction of sp³-hybridized carbons (Fsp3) is 0.475. The Morgan fingerprint density at radius 2 is 1.69 bits per heavy atom. The first kappa shape index (κ1) is 33.1. The number of rotatable bonds is 11. The summed E-state index contributed by atoms with van der Waals surface area (Å²) in [7, 11) is 1.39.